The summed E-state index contributed by atoms with van der Waals surface area (Å²) in [7, 11) is 0. The molecule has 0 aromatic carbocycles. The van der Waals surface area contributed by atoms with Crippen molar-refractivity contribution in [3.8, 4) is 6.07 Å². The third-order valence-electron chi connectivity index (χ3n) is 2.41. The molecular weight excluding hydrogens is 262 g/mol. The van der Waals surface area contributed by atoms with E-state index in [4.69, 9.17) is 10.00 Å². The van der Waals surface area contributed by atoms with Crippen LogP contribution in [0.3, 0.4) is 0 Å². The number of aromatic nitrogens is 2. The van der Waals surface area contributed by atoms with Crippen molar-refractivity contribution < 1.29 is 9.53 Å². The van der Waals surface area contributed by atoms with Crippen LogP contribution < -0.4 is 11.2 Å². The van der Waals surface area contributed by atoms with Crippen molar-refractivity contribution in [2.75, 3.05) is 0 Å². The number of nitrogens with zero attached hydrogens (tertiary/aromatic N) is 3. The van der Waals surface area contributed by atoms with E-state index < -0.39 is 29.4 Å². The van der Waals surface area contributed by atoms with E-state index in [0.29, 0.717) is 6.54 Å². The van der Waals surface area contributed by atoms with E-state index in [1.54, 1.807) is 33.8 Å². The molecule has 0 bridgehead atoms. The fourth-order valence-corrected chi connectivity index (χ4v) is 1.60. The molecule has 0 aliphatic heterocycles. The third kappa shape index (κ3) is 3.57. The number of carbonyl (C=O) groups is 1. The zero-order valence-electron chi connectivity index (χ0n) is 12.0. The Bertz CT molecular complexity index is 671. The lowest BCUT2D eigenvalue weighted by Gasteiger charge is -2.19. The SMILES string of the molecule is CCn1cc(C#N)c(=O)n(CC(=O)OC(C)(C)C)c1=O. The highest BCUT2D eigenvalue weighted by molar-refractivity contribution is 5.69. The maximum absolute atomic E-state index is 12.0. The molecule has 1 aromatic rings. The quantitative estimate of drug-likeness (QED) is 0.739. The zero-order chi connectivity index (χ0) is 15.5. The van der Waals surface area contributed by atoms with E-state index >= 15 is 0 Å². The molecule has 0 saturated carbocycles. The van der Waals surface area contributed by atoms with Crippen molar-refractivity contribution in [1.82, 2.24) is 9.13 Å². The van der Waals surface area contributed by atoms with Gasteiger partial charge in [-0.25, -0.2) is 9.36 Å². The Morgan fingerprint density at radius 3 is 2.45 bits per heavy atom. The van der Waals surface area contributed by atoms with Crippen LogP contribution in [0.1, 0.15) is 33.3 Å². The third-order valence-corrected chi connectivity index (χ3v) is 2.41. The van der Waals surface area contributed by atoms with Crippen LogP contribution in [-0.2, 0) is 22.6 Å². The minimum Gasteiger partial charge on any atom is -0.459 e. The van der Waals surface area contributed by atoms with Crippen LogP contribution in [0, 0.1) is 11.3 Å². The molecule has 7 nitrogen and oxygen atoms in total. The number of carbonyl (C=O) groups excluding carboxylic acids is 1. The summed E-state index contributed by atoms with van der Waals surface area (Å²) < 4.78 is 6.99. The van der Waals surface area contributed by atoms with Gasteiger partial charge < -0.3 is 4.74 Å². The lowest BCUT2D eigenvalue weighted by molar-refractivity contribution is -0.155. The van der Waals surface area contributed by atoms with Crippen molar-refractivity contribution in [1.29, 1.82) is 5.26 Å². The Balaban J connectivity index is 3.26. The summed E-state index contributed by atoms with van der Waals surface area (Å²) in [6, 6.07) is 1.71. The number of nitriles is 1. The second-order valence-electron chi connectivity index (χ2n) is 5.20. The van der Waals surface area contributed by atoms with Gasteiger partial charge in [-0.15, -0.1) is 0 Å². The molecule has 1 aromatic heterocycles. The molecule has 1 heterocycles. The number of rotatable bonds is 3. The maximum Gasteiger partial charge on any atom is 0.331 e. The highest BCUT2D eigenvalue weighted by Crippen LogP contribution is 2.06. The molecule has 0 aliphatic rings. The first-order valence-corrected chi connectivity index (χ1v) is 6.16. The number of hydrogen-bond donors (Lipinski definition) is 0. The van der Waals surface area contributed by atoms with Crippen molar-refractivity contribution in [2.45, 2.75) is 46.4 Å². The van der Waals surface area contributed by atoms with Crippen molar-refractivity contribution in [3.05, 3.63) is 32.6 Å². The van der Waals surface area contributed by atoms with E-state index in [-0.39, 0.29) is 5.56 Å². The van der Waals surface area contributed by atoms with Gasteiger partial charge in [0.05, 0.1) is 0 Å². The Morgan fingerprint density at radius 1 is 1.40 bits per heavy atom. The molecule has 0 unspecified atom stereocenters. The Hall–Kier alpha value is -2.36. The summed E-state index contributed by atoms with van der Waals surface area (Å²) >= 11 is 0. The molecule has 20 heavy (non-hydrogen) atoms. The van der Waals surface area contributed by atoms with Crippen LogP contribution in [0.2, 0.25) is 0 Å². The second kappa shape index (κ2) is 5.74. The normalized spacial score (nSPS) is 10.9. The first-order valence-electron chi connectivity index (χ1n) is 6.16. The molecule has 1 rings (SSSR count). The van der Waals surface area contributed by atoms with Gasteiger partial charge in [0.15, 0.2) is 0 Å². The van der Waals surface area contributed by atoms with E-state index in [1.165, 1.54) is 10.8 Å². The van der Waals surface area contributed by atoms with Gasteiger partial charge in [-0.3, -0.25) is 14.2 Å². The van der Waals surface area contributed by atoms with E-state index in [0.717, 1.165) is 4.57 Å². The van der Waals surface area contributed by atoms with Crippen molar-refractivity contribution >= 4 is 5.97 Å². The zero-order valence-corrected chi connectivity index (χ0v) is 12.0. The van der Waals surface area contributed by atoms with Crippen LogP contribution in [-0.4, -0.2) is 20.7 Å². The van der Waals surface area contributed by atoms with Crippen LogP contribution in [0.25, 0.3) is 0 Å². The van der Waals surface area contributed by atoms with Gasteiger partial charge in [0, 0.05) is 12.7 Å². The first kappa shape index (κ1) is 15.7. The molecule has 0 fully saturated rings. The fraction of sp³-hybridized carbons (Fsp3) is 0.538. The van der Waals surface area contributed by atoms with Gasteiger partial charge in [0.2, 0.25) is 0 Å². The lowest BCUT2D eigenvalue weighted by Crippen LogP contribution is -2.43. The molecule has 0 atom stereocenters. The van der Waals surface area contributed by atoms with Crippen LogP contribution in [0.15, 0.2) is 15.8 Å². The lowest BCUT2D eigenvalue weighted by atomic mass is 10.2. The van der Waals surface area contributed by atoms with Crippen LogP contribution >= 0.6 is 0 Å². The molecule has 0 spiro atoms. The van der Waals surface area contributed by atoms with Crippen molar-refractivity contribution in [2.24, 2.45) is 0 Å². The Labute approximate surface area is 116 Å². The van der Waals surface area contributed by atoms with E-state index in [9.17, 15) is 14.4 Å². The summed E-state index contributed by atoms with van der Waals surface area (Å²) in [5, 5.41) is 8.88. The topological polar surface area (TPSA) is 94.1 Å². The number of ether oxygens (including phenoxy) is 1. The molecule has 0 N–H and O–H groups in total. The Kier molecular flexibility index (Phi) is 4.50. The molecule has 0 amide bonds. The van der Waals surface area contributed by atoms with Crippen LogP contribution in [0.5, 0.6) is 0 Å². The van der Waals surface area contributed by atoms with Crippen molar-refractivity contribution in [3.63, 3.8) is 0 Å². The monoisotopic (exact) mass is 279 g/mol. The molecular formula is C13H17N3O4. The standard InChI is InChI=1S/C13H17N3O4/c1-5-15-7-9(6-14)11(18)16(12(15)19)8-10(17)20-13(2,3)4/h7H,5,8H2,1-4H3. The number of esters is 1. The Morgan fingerprint density at radius 2 is 2.00 bits per heavy atom. The predicted molar refractivity (Wildman–Crippen MR) is 71.2 cm³/mol. The van der Waals surface area contributed by atoms with Gasteiger partial charge in [-0.1, -0.05) is 0 Å². The average Bonchev–Trinajstić information content (AvgIpc) is 2.33. The maximum atomic E-state index is 12.0. The van der Waals surface area contributed by atoms with E-state index in [2.05, 4.69) is 0 Å². The largest absolute Gasteiger partial charge is 0.459 e. The average molecular weight is 279 g/mol. The fourth-order valence-electron chi connectivity index (χ4n) is 1.60. The molecule has 0 saturated heterocycles. The van der Waals surface area contributed by atoms with E-state index in [1.807, 2.05) is 0 Å². The molecule has 108 valence electrons. The summed E-state index contributed by atoms with van der Waals surface area (Å²) in [4.78, 5) is 35.6. The second-order valence-corrected chi connectivity index (χ2v) is 5.20. The van der Waals surface area contributed by atoms with Gasteiger partial charge >= 0.3 is 11.7 Å². The number of aryl methyl sites for hydroxylation is 1. The highest BCUT2D eigenvalue weighted by Gasteiger charge is 2.19. The molecule has 0 aliphatic carbocycles. The highest BCUT2D eigenvalue weighted by atomic mass is 16.6. The minimum atomic E-state index is -0.784. The minimum absolute atomic E-state index is 0.185. The summed E-state index contributed by atoms with van der Waals surface area (Å²) in [5.74, 6) is -0.700. The predicted octanol–water partition coefficient (Wildman–Crippen LogP) is 0.243. The summed E-state index contributed by atoms with van der Waals surface area (Å²) in [6.45, 7) is 6.54. The van der Waals surface area contributed by atoms with Gasteiger partial charge in [-0.2, -0.15) is 5.26 Å². The van der Waals surface area contributed by atoms with Crippen LogP contribution in [0.4, 0.5) is 0 Å². The summed E-state index contributed by atoms with van der Waals surface area (Å²) in [6.07, 6.45) is 1.19. The smallest absolute Gasteiger partial charge is 0.331 e. The molecule has 0 radical (unpaired) electrons. The number of hydrogen-bond acceptors (Lipinski definition) is 5. The van der Waals surface area contributed by atoms with Gasteiger partial charge in [0.1, 0.15) is 23.8 Å². The summed E-state index contributed by atoms with van der Waals surface area (Å²) in [5.41, 5.74) is -2.32. The van der Waals surface area contributed by atoms with Gasteiger partial charge in [-0.05, 0) is 27.7 Å². The molecule has 7 heteroatoms. The first-order chi connectivity index (χ1) is 9.19. The van der Waals surface area contributed by atoms with Gasteiger partial charge in [0.25, 0.3) is 5.56 Å².